The van der Waals surface area contributed by atoms with E-state index in [-0.39, 0.29) is 43.6 Å². The summed E-state index contributed by atoms with van der Waals surface area (Å²) in [5.74, 6) is -1.96. The minimum Gasteiger partial charge on any atom is -0.349 e. The van der Waals surface area contributed by atoms with Gasteiger partial charge in [-0.25, -0.2) is 13.8 Å². The number of hydrogen-bond acceptors (Lipinski definition) is 3. The van der Waals surface area contributed by atoms with Crippen molar-refractivity contribution >= 4 is 5.91 Å². The number of carbonyl (C=O) groups excluding carboxylic acids is 1. The highest BCUT2D eigenvalue weighted by atomic mass is 19.3. The number of alkyl halides is 2. The Balaban J connectivity index is 1.36. The molecule has 1 amide bonds. The number of piperidine rings is 1. The molecule has 1 aromatic carbocycles. The van der Waals surface area contributed by atoms with E-state index in [0.29, 0.717) is 12.1 Å². The van der Waals surface area contributed by atoms with E-state index in [1.165, 1.54) is 0 Å². The third-order valence-corrected chi connectivity index (χ3v) is 7.56. The van der Waals surface area contributed by atoms with Gasteiger partial charge >= 0.3 is 0 Å². The molecule has 1 aliphatic heterocycles. The SMILES string of the molecule is Cc1nccn1C1CCN(C(C)CC(NC(=O)C2CCC(F)(F)CC2)c2ccccc2)CC1. The molecule has 2 heterocycles. The van der Waals surface area contributed by atoms with Crippen LogP contribution < -0.4 is 5.32 Å². The summed E-state index contributed by atoms with van der Waals surface area (Å²) in [6.45, 7) is 6.30. The van der Waals surface area contributed by atoms with Gasteiger partial charge in [-0.15, -0.1) is 0 Å². The number of rotatable bonds is 7. The number of benzene rings is 1. The molecule has 2 atom stereocenters. The van der Waals surface area contributed by atoms with Crippen LogP contribution >= 0.6 is 0 Å². The van der Waals surface area contributed by atoms with Gasteiger partial charge < -0.3 is 14.8 Å². The topological polar surface area (TPSA) is 50.2 Å². The molecule has 0 spiro atoms. The molecular formula is C26H36F2N4O. The first-order chi connectivity index (χ1) is 15.8. The van der Waals surface area contributed by atoms with Crippen LogP contribution in [0.15, 0.2) is 42.7 Å². The summed E-state index contributed by atoms with van der Waals surface area (Å²) in [4.78, 5) is 19.8. The van der Waals surface area contributed by atoms with E-state index in [1.54, 1.807) is 0 Å². The van der Waals surface area contributed by atoms with E-state index in [4.69, 9.17) is 0 Å². The first-order valence-electron chi connectivity index (χ1n) is 12.3. The van der Waals surface area contributed by atoms with Crippen molar-refractivity contribution in [2.75, 3.05) is 13.1 Å². The Morgan fingerprint density at radius 3 is 2.42 bits per heavy atom. The molecule has 2 fully saturated rings. The first kappa shape index (κ1) is 23.9. The minimum atomic E-state index is -2.62. The van der Waals surface area contributed by atoms with Crippen molar-refractivity contribution in [3.8, 4) is 0 Å². The molecule has 1 aromatic heterocycles. The van der Waals surface area contributed by atoms with Crippen LogP contribution in [0.25, 0.3) is 0 Å². The third kappa shape index (κ3) is 5.99. The molecule has 2 unspecified atom stereocenters. The average Bonchev–Trinajstić information content (AvgIpc) is 3.25. The van der Waals surface area contributed by atoms with Crippen LogP contribution in [0.4, 0.5) is 8.78 Å². The number of nitrogens with one attached hydrogen (secondary N) is 1. The standard InChI is InChI=1S/C26H36F2N4O/c1-19(31-15-10-23(11-16-31)32-17-14-29-20(32)2)18-24(21-6-4-3-5-7-21)30-25(33)22-8-12-26(27,28)13-9-22/h3-7,14,17,19,22-24H,8-13,15-16,18H2,1-2H3,(H,30,33). The lowest BCUT2D eigenvalue weighted by molar-refractivity contribution is -0.130. The average molecular weight is 459 g/mol. The van der Waals surface area contributed by atoms with Crippen LogP contribution in [0.2, 0.25) is 0 Å². The second-order valence-electron chi connectivity index (χ2n) is 9.84. The van der Waals surface area contributed by atoms with Crippen molar-refractivity contribution in [1.82, 2.24) is 19.8 Å². The van der Waals surface area contributed by atoms with Gasteiger partial charge in [0, 0.05) is 56.3 Å². The van der Waals surface area contributed by atoms with Crippen LogP contribution in [0, 0.1) is 12.8 Å². The number of imidazole rings is 1. The van der Waals surface area contributed by atoms with Gasteiger partial charge in [-0.05, 0) is 51.5 Å². The van der Waals surface area contributed by atoms with Crippen LogP contribution in [0.3, 0.4) is 0 Å². The molecule has 5 nitrogen and oxygen atoms in total. The van der Waals surface area contributed by atoms with Crippen molar-refractivity contribution in [1.29, 1.82) is 0 Å². The Morgan fingerprint density at radius 1 is 1.15 bits per heavy atom. The Bertz CT molecular complexity index is 898. The number of hydrogen-bond donors (Lipinski definition) is 1. The molecule has 2 aromatic rings. The largest absolute Gasteiger partial charge is 0.349 e. The maximum Gasteiger partial charge on any atom is 0.248 e. The Kier molecular flexibility index (Phi) is 7.47. The van der Waals surface area contributed by atoms with E-state index in [1.807, 2.05) is 36.5 Å². The molecule has 0 radical (unpaired) electrons. The highest BCUT2D eigenvalue weighted by molar-refractivity contribution is 5.79. The smallest absolute Gasteiger partial charge is 0.248 e. The summed E-state index contributed by atoms with van der Waals surface area (Å²) in [7, 11) is 0. The first-order valence-corrected chi connectivity index (χ1v) is 12.3. The highest BCUT2D eigenvalue weighted by Gasteiger charge is 2.38. The van der Waals surface area contributed by atoms with E-state index in [2.05, 4.69) is 39.8 Å². The molecule has 4 rings (SSSR count). The molecular weight excluding hydrogens is 422 g/mol. The molecule has 33 heavy (non-hydrogen) atoms. The molecule has 1 saturated carbocycles. The van der Waals surface area contributed by atoms with E-state index in [0.717, 1.165) is 43.7 Å². The van der Waals surface area contributed by atoms with Crippen LogP contribution in [-0.4, -0.2) is 45.4 Å². The molecule has 1 N–H and O–H groups in total. The zero-order chi connectivity index (χ0) is 23.4. The van der Waals surface area contributed by atoms with Gasteiger partial charge in [-0.2, -0.15) is 0 Å². The van der Waals surface area contributed by atoms with Crippen molar-refractivity contribution in [3.05, 3.63) is 54.1 Å². The van der Waals surface area contributed by atoms with Crippen LogP contribution in [0.5, 0.6) is 0 Å². The van der Waals surface area contributed by atoms with Crippen LogP contribution in [-0.2, 0) is 4.79 Å². The summed E-state index contributed by atoms with van der Waals surface area (Å²) in [6, 6.07) is 10.7. The fourth-order valence-corrected chi connectivity index (χ4v) is 5.42. The molecule has 180 valence electrons. The second kappa shape index (κ2) is 10.3. The summed E-state index contributed by atoms with van der Waals surface area (Å²) in [5.41, 5.74) is 1.07. The third-order valence-electron chi connectivity index (χ3n) is 7.56. The Morgan fingerprint density at radius 2 is 1.82 bits per heavy atom. The number of carbonyl (C=O) groups is 1. The van der Waals surface area contributed by atoms with Crippen molar-refractivity contribution in [3.63, 3.8) is 0 Å². The fourth-order valence-electron chi connectivity index (χ4n) is 5.42. The molecule has 0 bridgehead atoms. The predicted octanol–water partition coefficient (Wildman–Crippen LogP) is 5.29. The maximum absolute atomic E-state index is 13.5. The number of aryl methyl sites for hydroxylation is 1. The predicted molar refractivity (Wildman–Crippen MR) is 125 cm³/mol. The highest BCUT2D eigenvalue weighted by Crippen LogP contribution is 2.36. The summed E-state index contributed by atoms with van der Waals surface area (Å²) in [6.07, 6.45) is 7.04. The zero-order valence-electron chi connectivity index (χ0n) is 19.7. The van der Waals surface area contributed by atoms with E-state index < -0.39 is 5.92 Å². The normalized spacial score (nSPS) is 22.1. The van der Waals surface area contributed by atoms with Gasteiger partial charge in [0.1, 0.15) is 5.82 Å². The monoisotopic (exact) mass is 458 g/mol. The van der Waals surface area contributed by atoms with Crippen molar-refractivity contribution < 1.29 is 13.6 Å². The quantitative estimate of drug-likeness (QED) is 0.613. The lowest BCUT2D eigenvalue weighted by Gasteiger charge is -2.38. The van der Waals surface area contributed by atoms with Crippen molar-refractivity contribution in [2.24, 2.45) is 5.92 Å². The zero-order valence-corrected chi connectivity index (χ0v) is 19.7. The molecule has 2 aliphatic rings. The summed E-state index contributed by atoms with van der Waals surface area (Å²) >= 11 is 0. The van der Waals surface area contributed by atoms with Gasteiger partial charge in [0.05, 0.1) is 6.04 Å². The lowest BCUT2D eigenvalue weighted by atomic mass is 9.85. The lowest BCUT2D eigenvalue weighted by Crippen LogP contribution is -2.44. The van der Waals surface area contributed by atoms with E-state index in [9.17, 15) is 13.6 Å². The number of nitrogens with zero attached hydrogens (tertiary/aromatic N) is 3. The minimum absolute atomic E-state index is 0.0826. The second-order valence-corrected chi connectivity index (χ2v) is 9.84. The number of aromatic nitrogens is 2. The molecule has 1 aliphatic carbocycles. The Labute approximate surface area is 195 Å². The van der Waals surface area contributed by atoms with Gasteiger partial charge in [0.25, 0.3) is 0 Å². The van der Waals surface area contributed by atoms with Gasteiger partial charge in [-0.1, -0.05) is 30.3 Å². The Hall–Kier alpha value is -2.28. The maximum atomic E-state index is 13.5. The number of amides is 1. The molecule has 7 heteroatoms. The summed E-state index contributed by atoms with van der Waals surface area (Å²) in [5, 5.41) is 3.22. The van der Waals surface area contributed by atoms with E-state index >= 15 is 0 Å². The van der Waals surface area contributed by atoms with Gasteiger partial charge in [0.2, 0.25) is 11.8 Å². The van der Waals surface area contributed by atoms with Gasteiger partial charge in [-0.3, -0.25) is 4.79 Å². The summed E-state index contributed by atoms with van der Waals surface area (Å²) < 4.78 is 29.4. The van der Waals surface area contributed by atoms with Crippen LogP contribution in [0.1, 0.15) is 75.3 Å². The van der Waals surface area contributed by atoms with Gasteiger partial charge in [0.15, 0.2) is 0 Å². The fraction of sp³-hybridized carbons (Fsp3) is 0.615. The molecule has 1 saturated heterocycles. The van der Waals surface area contributed by atoms with Crippen molar-refractivity contribution in [2.45, 2.75) is 82.8 Å². The number of halogens is 2. The number of likely N-dealkylation sites (tertiary alicyclic amines) is 1.